The Balaban J connectivity index is 1.77. The maximum atomic E-state index is 5.90. The fraction of sp³-hybridized carbons (Fsp3) is 0.600. The van der Waals surface area contributed by atoms with Gasteiger partial charge < -0.3 is 15.8 Å². The molecule has 0 heterocycles. The van der Waals surface area contributed by atoms with E-state index in [-0.39, 0.29) is 0 Å². The molecule has 0 aliphatic heterocycles. The van der Waals surface area contributed by atoms with E-state index in [0.717, 1.165) is 30.4 Å². The van der Waals surface area contributed by atoms with Crippen LogP contribution in [0.3, 0.4) is 0 Å². The predicted molar refractivity (Wildman–Crippen MR) is 76.0 cm³/mol. The first-order chi connectivity index (χ1) is 8.79. The zero-order chi connectivity index (χ0) is 12.8. The zero-order valence-electron chi connectivity index (χ0n) is 11.2. The molecule has 0 atom stereocenters. The second-order valence-electron chi connectivity index (χ2n) is 5.12. The highest BCUT2D eigenvalue weighted by Gasteiger charge is 2.11. The van der Waals surface area contributed by atoms with E-state index in [1.165, 1.54) is 37.7 Å². The summed E-state index contributed by atoms with van der Waals surface area (Å²) in [6.07, 6.45) is 7.88. The molecule has 1 aromatic rings. The molecule has 1 saturated carbocycles. The molecular weight excluding hydrogens is 224 g/mol. The van der Waals surface area contributed by atoms with E-state index in [1.54, 1.807) is 7.11 Å². The van der Waals surface area contributed by atoms with Crippen molar-refractivity contribution in [3.63, 3.8) is 0 Å². The van der Waals surface area contributed by atoms with E-state index in [0.29, 0.717) is 0 Å². The quantitative estimate of drug-likeness (QED) is 0.788. The number of rotatable bonds is 5. The molecule has 1 fully saturated rings. The predicted octanol–water partition coefficient (Wildman–Crippen LogP) is 2.74. The summed E-state index contributed by atoms with van der Waals surface area (Å²) in [5.41, 5.74) is 7.90. The molecule has 0 spiro atoms. The summed E-state index contributed by atoms with van der Waals surface area (Å²) >= 11 is 0. The highest BCUT2D eigenvalue weighted by atomic mass is 16.5. The minimum Gasteiger partial charge on any atom is -0.495 e. The number of nitrogens with one attached hydrogen (secondary N) is 1. The van der Waals surface area contributed by atoms with Crippen LogP contribution in [0.4, 0.5) is 5.69 Å². The third kappa shape index (κ3) is 3.64. The molecule has 0 radical (unpaired) electrons. The molecule has 0 bridgehead atoms. The van der Waals surface area contributed by atoms with E-state index in [4.69, 9.17) is 10.5 Å². The lowest BCUT2D eigenvalue weighted by molar-refractivity contribution is 0.375. The molecule has 1 aliphatic carbocycles. The summed E-state index contributed by atoms with van der Waals surface area (Å²) in [4.78, 5) is 0. The number of hydrogen-bond acceptors (Lipinski definition) is 3. The third-order valence-corrected chi connectivity index (χ3v) is 3.75. The van der Waals surface area contributed by atoms with Crippen molar-refractivity contribution in [1.82, 2.24) is 5.32 Å². The molecule has 100 valence electrons. The molecule has 0 unspecified atom stereocenters. The summed E-state index contributed by atoms with van der Waals surface area (Å²) in [5, 5.41) is 3.65. The van der Waals surface area contributed by atoms with Crippen molar-refractivity contribution >= 4 is 5.69 Å². The van der Waals surface area contributed by atoms with Gasteiger partial charge in [-0.05, 0) is 43.5 Å². The number of benzene rings is 1. The Morgan fingerprint density at radius 3 is 2.72 bits per heavy atom. The van der Waals surface area contributed by atoms with Gasteiger partial charge in [-0.15, -0.1) is 0 Å². The van der Waals surface area contributed by atoms with Gasteiger partial charge in [0.15, 0.2) is 0 Å². The molecule has 18 heavy (non-hydrogen) atoms. The Bertz CT molecular complexity index is 373. The molecule has 3 N–H and O–H groups in total. The minimum atomic E-state index is 0.729. The van der Waals surface area contributed by atoms with Crippen LogP contribution in [0.1, 0.15) is 37.7 Å². The molecular formula is C15H24N2O. The molecule has 0 amide bonds. The SMILES string of the molecule is COc1ccc(CCNC2CCCCC2)cc1N. The largest absolute Gasteiger partial charge is 0.495 e. The first-order valence-corrected chi connectivity index (χ1v) is 6.95. The Morgan fingerprint density at radius 1 is 1.28 bits per heavy atom. The van der Waals surface area contributed by atoms with Crippen molar-refractivity contribution in [1.29, 1.82) is 0 Å². The topological polar surface area (TPSA) is 47.3 Å². The molecule has 2 rings (SSSR count). The first kappa shape index (κ1) is 13.2. The van der Waals surface area contributed by atoms with E-state index in [2.05, 4.69) is 11.4 Å². The summed E-state index contributed by atoms with van der Waals surface area (Å²) in [6, 6.07) is 6.79. The van der Waals surface area contributed by atoms with E-state index in [1.807, 2.05) is 12.1 Å². The van der Waals surface area contributed by atoms with Gasteiger partial charge >= 0.3 is 0 Å². The summed E-state index contributed by atoms with van der Waals surface area (Å²) < 4.78 is 5.16. The highest BCUT2D eigenvalue weighted by Crippen LogP contribution is 2.22. The lowest BCUT2D eigenvalue weighted by Gasteiger charge is -2.22. The van der Waals surface area contributed by atoms with E-state index in [9.17, 15) is 0 Å². The highest BCUT2D eigenvalue weighted by molar-refractivity contribution is 5.54. The van der Waals surface area contributed by atoms with Crippen LogP contribution in [0.2, 0.25) is 0 Å². The smallest absolute Gasteiger partial charge is 0.141 e. The van der Waals surface area contributed by atoms with Gasteiger partial charge in [0.05, 0.1) is 12.8 Å². The molecule has 3 nitrogen and oxygen atoms in total. The van der Waals surface area contributed by atoms with Gasteiger partial charge in [0.2, 0.25) is 0 Å². The Morgan fingerprint density at radius 2 is 2.06 bits per heavy atom. The number of methoxy groups -OCH3 is 1. The second-order valence-corrected chi connectivity index (χ2v) is 5.12. The van der Waals surface area contributed by atoms with E-state index < -0.39 is 0 Å². The third-order valence-electron chi connectivity index (χ3n) is 3.75. The number of nitrogen functional groups attached to an aromatic ring is 1. The van der Waals surface area contributed by atoms with E-state index >= 15 is 0 Å². The monoisotopic (exact) mass is 248 g/mol. The molecule has 0 aromatic heterocycles. The lowest BCUT2D eigenvalue weighted by Crippen LogP contribution is -2.32. The zero-order valence-corrected chi connectivity index (χ0v) is 11.2. The van der Waals surface area contributed by atoms with Crippen LogP contribution in [0.5, 0.6) is 5.75 Å². The lowest BCUT2D eigenvalue weighted by atomic mass is 9.95. The van der Waals surface area contributed by atoms with Crippen LogP contribution < -0.4 is 15.8 Å². The Kier molecular flexibility index (Phi) is 4.88. The standard InChI is InChI=1S/C15H24N2O/c1-18-15-8-7-12(11-14(15)16)9-10-17-13-5-3-2-4-6-13/h7-8,11,13,17H,2-6,9-10,16H2,1H3. The van der Waals surface area contributed by atoms with Gasteiger partial charge in [-0.25, -0.2) is 0 Å². The summed E-state index contributed by atoms with van der Waals surface area (Å²) in [5.74, 6) is 0.763. The second kappa shape index (κ2) is 6.64. The van der Waals surface area contributed by atoms with Crippen LogP contribution in [0.25, 0.3) is 0 Å². The average molecular weight is 248 g/mol. The van der Waals surface area contributed by atoms with Crippen LogP contribution in [-0.2, 0) is 6.42 Å². The fourth-order valence-corrected chi connectivity index (χ4v) is 2.67. The van der Waals surface area contributed by atoms with Crippen molar-refractivity contribution in [3.05, 3.63) is 23.8 Å². The van der Waals surface area contributed by atoms with Crippen LogP contribution in [-0.4, -0.2) is 19.7 Å². The molecule has 0 saturated heterocycles. The number of anilines is 1. The van der Waals surface area contributed by atoms with Gasteiger partial charge in [-0.2, -0.15) is 0 Å². The summed E-state index contributed by atoms with van der Waals surface area (Å²) in [7, 11) is 1.65. The van der Waals surface area contributed by atoms with Crippen molar-refractivity contribution in [3.8, 4) is 5.75 Å². The number of nitrogens with two attached hydrogens (primary N) is 1. The van der Waals surface area contributed by atoms with Crippen LogP contribution >= 0.6 is 0 Å². The molecule has 1 aliphatic rings. The Hall–Kier alpha value is -1.22. The van der Waals surface area contributed by atoms with Crippen molar-refractivity contribution in [2.75, 3.05) is 19.4 Å². The van der Waals surface area contributed by atoms with Crippen molar-refractivity contribution in [2.24, 2.45) is 0 Å². The van der Waals surface area contributed by atoms with Crippen molar-refractivity contribution < 1.29 is 4.74 Å². The van der Waals surface area contributed by atoms with Gasteiger partial charge in [0.25, 0.3) is 0 Å². The average Bonchev–Trinajstić information content (AvgIpc) is 2.40. The molecule has 3 heteroatoms. The van der Waals surface area contributed by atoms with Crippen LogP contribution in [0, 0.1) is 0 Å². The van der Waals surface area contributed by atoms with Gasteiger partial charge in [-0.1, -0.05) is 25.3 Å². The summed E-state index contributed by atoms with van der Waals surface area (Å²) in [6.45, 7) is 1.04. The van der Waals surface area contributed by atoms with Gasteiger partial charge in [-0.3, -0.25) is 0 Å². The Labute approximate surface area is 110 Å². The van der Waals surface area contributed by atoms with Gasteiger partial charge in [0.1, 0.15) is 5.75 Å². The number of ether oxygens (including phenoxy) is 1. The van der Waals surface area contributed by atoms with Crippen LogP contribution in [0.15, 0.2) is 18.2 Å². The maximum absolute atomic E-state index is 5.90. The fourth-order valence-electron chi connectivity index (χ4n) is 2.67. The normalized spacial score (nSPS) is 16.7. The number of hydrogen-bond donors (Lipinski definition) is 2. The maximum Gasteiger partial charge on any atom is 0.141 e. The van der Waals surface area contributed by atoms with Crippen molar-refractivity contribution in [2.45, 2.75) is 44.6 Å². The minimum absolute atomic E-state index is 0.729. The first-order valence-electron chi connectivity index (χ1n) is 6.95. The molecule has 1 aromatic carbocycles. The van der Waals surface area contributed by atoms with Gasteiger partial charge in [0, 0.05) is 6.04 Å².